The molecule has 2 rings (SSSR count). The van der Waals surface area contributed by atoms with E-state index in [4.69, 9.17) is 9.15 Å². The molecule has 0 spiro atoms. The van der Waals surface area contributed by atoms with Crippen molar-refractivity contribution in [3.05, 3.63) is 41.6 Å². The highest BCUT2D eigenvalue weighted by Crippen LogP contribution is 2.09. The molecule has 17 heavy (non-hydrogen) atoms. The Kier molecular flexibility index (Phi) is 3.27. The Morgan fingerprint density at radius 2 is 2.35 bits per heavy atom. The second-order valence-electron chi connectivity index (χ2n) is 3.66. The highest BCUT2D eigenvalue weighted by Gasteiger charge is 2.10. The second-order valence-corrected chi connectivity index (χ2v) is 3.66. The molecular weight excluding hydrogens is 220 g/mol. The lowest BCUT2D eigenvalue weighted by molar-refractivity contribution is 0.0526. The van der Waals surface area contributed by atoms with Crippen LogP contribution in [0.3, 0.4) is 0 Å². The van der Waals surface area contributed by atoms with Gasteiger partial charge in [0.05, 0.1) is 24.9 Å². The van der Waals surface area contributed by atoms with Crippen LogP contribution in [0.25, 0.3) is 0 Å². The molecule has 2 heterocycles. The standard InChI is InChI=1S/C12H14N2O3/c1-3-16-12(15)10-6-13-14(7-10)8-11-5-4-9(2)17-11/h4-7H,3,8H2,1-2H3. The molecule has 0 saturated heterocycles. The first-order valence-corrected chi connectivity index (χ1v) is 5.44. The first-order valence-electron chi connectivity index (χ1n) is 5.44. The summed E-state index contributed by atoms with van der Waals surface area (Å²) in [7, 11) is 0. The van der Waals surface area contributed by atoms with E-state index in [-0.39, 0.29) is 5.97 Å². The summed E-state index contributed by atoms with van der Waals surface area (Å²) < 4.78 is 12.0. The topological polar surface area (TPSA) is 57.3 Å². The van der Waals surface area contributed by atoms with Gasteiger partial charge in [0.25, 0.3) is 0 Å². The number of ether oxygens (including phenoxy) is 1. The summed E-state index contributed by atoms with van der Waals surface area (Å²) in [6, 6.07) is 3.78. The van der Waals surface area contributed by atoms with Gasteiger partial charge in [-0.2, -0.15) is 5.10 Å². The number of hydrogen-bond donors (Lipinski definition) is 0. The van der Waals surface area contributed by atoms with Crippen LogP contribution < -0.4 is 0 Å². The van der Waals surface area contributed by atoms with Gasteiger partial charge < -0.3 is 9.15 Å². The van der Waals surface area contributed by atoms with E-state index in [0.717, 1.165) is 11.5 Å². The van der Waals surface area contributed by atoms with Crippen molar-refractivity contribution < 1.29 is 13.9 Å². The molecule has 90 valence electrons. The minimum Gasteiger partial charge on any atom is -0.464 e. The fourth-order valence-electron chi connectivity index (χ4n) is 1.50. The van der Waals surface area contributed by atoms with Gasteiger partial charge in [0.1, 0.15) is 11.5 Å². The van der Waals surface area contributed by atoms with Crippen LogP contribution in [0.1, 0.15) is 28.8 Å². The maximum atomic E-state index is 11.4. The molecule has 0 aliphatic carbocycles. The number of esters is 1. The maximum absolute atomic E-state index is 11.4. The quantitative estimate of drug-likeness (QED) is 0.759. The first kappa shape index (κ1) is 11.4. The van der Waals surface area contributed by atoms with Crippen molar-refractivity contribution in [1.29, 1.82) is 0 Å². The molecule has 0 aliphatic rings. The zero-order chi connectivity index (χ0) is 12.3. The Hall–Kier alpha value is -2.04. The molecule has 0 aromatic carbocycles. The normalized spacial score (nSPS) is 10.5. The number of carbonyl (C=O) groups excluding carboxylic acids is 1. The lowest BCUT2D eigenvalue weighted by atomic mass is 10.4. The van der Waals surface area contributed by atoms with Crippen LogP contribution in [0.2, 0.25) is 0 Å². The molecule has 0 saturated carbocycles. The predicted octanol–water partition coefficient (Wildman–Crippen LogP) is 2.01. The van der Waals surface area contributed by atoms with Gasteiger partial charge in [-0.25, -0.2) is 4.79 Å². The van der Waals surface area contributed by atoms with E-state index < -0.39 is 0 Å². The summed E-state index contributed by atoms with van der Waals surface area (Å²) in [6.45, 7) is 4.53. The average molecular weight is 234 g/mol. The Bertz CT molecular complexity index is 513. The van der Waals surface area contributed by atoms with E-state index in [1.165, 1.54) is 6.20 Å². The van der Waals surface area contributed by atoms with E-state index in [2.05, 4.69) is 5.10 Å². The van der Waals surface area contributed by atoms with Crippen molar-refractivity contribution in [2.24, 2.45) is 0 Å². The van der Waals surface area contributed by atoms with Crippen molar-refractivity contribution in [2.75, 3.05) is 6.61 Å². The van der Waals surface area contributed by atoms with Gasteiger partial charge in [0.15, 0.2) is 0 Å². The van der Waals surface area contributed by atoms with Crippen molar-refractivity contribution in [3.8, 4) is 0 Å². The molecule has 0 aliphatic heterocycles. The monoisotopic (exact) mass is 234 g/mol. The summed E-state index contributed by atoms with van der Waals surface area (Å²) in [5.41, 5.74) is 0.454. The Morgan fingerprint density at radius 1 is 1.53 bits per heavy atom. The molecule has 2 aromatic rings. The van der Waals surface area contributed by atoms with Crippen molar-refractivity contribution in [1.82, 2.24) is 9.78 Å². The fraction of sp³-hybridized carbons (Fsp3) is 0.333. The SMILES string of the molecule is CCOC(=O)c1cnn(Cc2ccc(C)o2)c1. The van der Waals surface area contributed by atoms with E-state index >= 15 is 0 Å². The number of furan rings is 1. The molecule has 0 fully saturated rings. The predicted molar refractivity (Wildman–Crippen MR) is 60.7 cm³/mol. The summed E-state index contributed by atoms with van der Waals surface area (Å²) in [5, 5.41) is 4.08. The maximum Gasteiger partial charge on any atom is 0.341 e. The van der Waals surface area contributed by atoms with E-state index in [9.17, 15) is 4.79 Å². The summed E-state index contributed by atoms with van der Waals surface area (Å²) in [4.78, 5) is 11.4. The average Bonchev–Trinajstić information content (AvgIpc) is 2.89. The van der Waals surface area contributed by atoms with E-state index in [1.807, 2.05) is 19.1 Å². The fourth-order valence-corrected chi connectivity index (χ4v) is 1.50. The molecule has 0 bridgehead atoms. The molecule has 0 amide bonds. The Morgan fingerprint density at radius 3 is 3.00 bits per heavy atom. The molecular formula is C12H14N2O3. The lowest BCUT2D eigenvalue weighted by Crippen LogP contribution is -2.03. The Labute approximate surface area is 99.0 Å². The molecule has 2 aromatic heterocycles. The van der Waals surface area contributed by atoms with Crippen molar-refractivity contribution >= 4 is 5.97 Å². The van der Waals surface area contributed by atoms with Gasteiger partial charge in [0, 0.05) is 6.20 Å². The van der Waals surface area contributed by atoms with Crippen molar-refractivity contribution in [3.63, 3.8) is 0 Å². The molecule has 0 unspecified atom stereocenters. The number of rotatable bonds is 4. The van der Waals surface area contributed by atoms with Crippen LogP contribution in [-0.4, -0.2) is 22.4 Å². The highest BCUT2D eigenvalue weighted by molar-refractivity contribution is 5.88. The van der Waals surface area contributed by atoms with Crippen molar-refractivity contribution in [2.45, 2.75) is 20.4 Å². The van der Waals surface area contributed by atoms with Crippen LogP contribution in [0.15, 0.2) is 28.9 Å². The third kappa shape index (κ3) is 2.75. The lowest BCUT2D eigenvalue weighted by Gasteiger charge is -1.98. The number of hydrogen-bond acceptors (Lipinski definition) is 4. The van der Waals surface area contributed by atoms with Gasteiger partial charge in [-0.05, 0) is 26.0 Å². The molecule has 5 nitrogen and oxygen atoms in total. The molecule has 0 N–H and O–H groups in total. The summed E-state index contributed by atoms with van der Waals surface area (Å²) >= 11 is 0. The molecule has 5 heteroatoms. The van der Waals surface area contributed by atoms with Crippen LogP contribution in [0, 0.1) is 6.92 Å². The highest BCUT2D eigenvalue weighted by atomic mass is 16.5. The minimum absolute atomic E-state index is 0.352. The zero-order valence-corrected chi connectivity index (χ0v) is 9.84. The molecule has 0 radical (unpaired) electrons. The van der Waals surface area contributed by atoms with Crippen LogP contribution in [0.5, 0.6) is 0 Å². The van der Waals surface area contributed by atoms with Crippen LogP contribution >= 0.6 is 0 Å². The third-order valence-electron chi connectivity index (χ3n) is 2.26. The zero-order valence-electron chi connectivity index (χ0n) is 9.84. The van der Waals surface area contributed by atoms with E-state index in [0.29, 0.717) is 18.7 Å². The van der Waals surface area contributed by atoms with Gasteiger partial charge >= 0.3 is 5.97 Å². The van der Waals surface area contributed by atoms with E-state index in [1.54, 1.807) is 17.8 Å². The number of aryl methyl sites for hydroxylation is 1. The van der Waals surface area contributed by atoms with Gasteiger partial charge in [-0.1, -0.05) is 0 Å². The van der Waals surface area contributed by atoms with Gasteiger partial charge in [0.2, 0.25) is 0 Å². The number of aromatic nitrogens is 2. The van der Waals surface area contributed by atoms with Crippen LogP contribution in [-0.2, 0) is 11.3 Å². The summed E-state index contributed by atoms with van der Waals surface area (Å²) in [5.74, 6) is 1.31. The van der Waals surface area contributed by atoms with Gasteiger partial charge in [-0.15, -0.1) is 0 Å². The number of nitrogens with zero attached hydrogens (tertiary/aromatic N) is 2. The smallest absolute Gasteiger partial charge is 0.341 e. The largest absolute Gasteiger partial charge is 0.464 e. The van der Waals surface area contributed by atoms with Crippen LogP contribution in [0.4, 0.5) is 0 Å². The second kappa shape index (κ2) is 4.86. The molecule has 0 atom stereocenters. The van der Waals surface area contributed by atoms with Gasteiger partial charge in [-0.3, -0.25) is 4.68 Å². The Balaban J connectivity index is 2.06. The summed E-state index contributed by atoms with van der Waals surface area (Å²) in [6.07, 6.45) is 3.14. The number of carbonyl (C=O) groups is 1. The first-order chi connectivity index (χ1) is 8.19. The third-order valence-corrected chi connectivity index (χ3v) is 2.26. The minimum atomic E-state index is -0.352.